The van der Waals surface area contributed by atoms with Crippen LogP contribution in [0.2, 0.25) is 0 Å². The molecule has 2 N–H and O–H groups in total. The van der Waals surface area contributed by atoms with Crippen molar-refractivity contribution in [3.8, 4) is 0 Å². The lowest BCUT2D eigenvalue weighted by Gasteiger charge is -2.35. The molecule has 1 saturated heterocycles. The molecule has 1 fully saturated rings. The van der Waals surface area contributed by atoms with E-state index in [1.54, 1.807) is 0 Å². The van der Waals surface area contributed by atoms with Gasteiger partial charge in [0.05, 0.1) is 4.90 Å². The molecule has 0 amide bonds. The first-order chi connectivity index (χ1) is 11.6. The van der Waals surface area contributed by atoms with E-state index in [-0.39, 0.29) is 0 Å². The van der Waals surface area contributed by atoms with Crippen LogP contribution in [0.15, 0.2) is 52.9 Å². The van der Waals surface area contributed by atoms with Crippen molar-refractivity contribution in [2.24, 2.45) is 0 Å². The predicted octanol–water partition coefficient (Wildman–Crippen LogP) is 3.50. The molecule has 1 aromatic carbocycles. The Morgan fingerprint density at radius 1 is 1.00 bits per heavy atom. The van der Waals surface area contributed by atoms with Gasteiger partial charge in [-0.3, -0.25) is 14.0 Å². The lowest BCUT2D eigenvalue weighted by atomic mass is 10.1. The molecule has 6 heteroatoms. The summed E-state index contributed by atoms with van der Waals surface area (Å²) < 4.78 is 20.1. The topological polar surface area (TPSA) is 59.8 Å². The average molecular weight is 343 g/mol. The van der Waals surface area contributed by atoms with Gasteiger partial charge in [0, 0.05) is 49.9 Å². The molecule has 2 aromatic rings. The van der Waals surface area contributed by atoms with E-state index < -0.39 is 10.6 Å². The van der Waals surface area contributed by atoms with Crippen molar-refractivity contribution < 1.29 is 9.11 Å². The maximum Gasteiger partial charge on any atom is 0.128 e. The Hall–Kier alpha value is -1.86. The minimum atomic E-state index is -2.73. The molecule has 4 rings (SSSR count). The summed E-state index contributed by atoms with van der Waals surface area (Å²) in [5.74, 6) is 1.04. The largest absolute Gasteiger partial charge is 0.354 e. The summed E-state index contributed by atoms with van der Waals surface area (Å²) in [4.78, 5) is 9.80. The van der Waals surface area contributed by atoms with Gasteiger partial charge in [0.25, 0.3) is 0 Å². The molecule has 0 radical (unpaired) electrons. The zero-order valence-corrected chi connectivity index (χ0v) is 14.2. The fourth-order valence-corrected chi connectivity index (χ4v) is 4.61. The first-order valence-corrected chi connectivity index (χ1v) is 9.71. The summed E-state index contributed by atoms with van der Waals surface area (Å²) in [6.45, 7) is 4.69. The number of aromatic nitrogens is 1. The molecule has 0 spiro atoms. The van der Waals surface area contributed by atoms with E-state index in [0.29, 0.717) is 4.90 Å². The molecule has 0 saturated carbocycles. The second kappa shape index (κ2) is 6.22. The number of nitrogens with zero attached hydrogens (tertiary/aromatic N) is 3. The van der Waals surface area contributed by atoms with Crippen LogP contribution in [-0.2, 0) is 6.54 Å². The van der Waals surface area contributed by atoms with E-state index in [2.05, 4.69) is 26.9 Å². The Morgan fingerprint density at radius 3 is 2.58 bits per heavy atom. The molecule has 0 atom stereocenters. The molecular weight excluding hydrogens is 322 g/mol. The Balaban J connectivity index is 1.44. The lowest BCUT2D eigenvalue weighted by molar-refractivity contribution is 0.249. The Kier molecular flexibility index (Phi) is 4.05. The molecule has 126 valence electrons. The van der Waals surface area contributed by atoms with Gasteiger partial charge in [0.2, 0.25) is 0 Å². The normalized spacial score (nSPS) is 20.8. The highest BCUT2D eigenvalue weighted by Gasteiger charge is 2.25. The van der Waals surface area contributed by atoms with Crippen molar-refractivity contribution in [1.82, 2.24) is 9.88 Å². The zero-order chi connectivity index (χ0) is 16.6. The molecule has 0 unspecified atom stereocenters. The number of pyridine rings is 1. The summed E-state index contributed by atoms with van der Waals surface area (Å²) in [5.41, 5.74) is 2.14. The summed E-state index contributed by atoms with van der Waals surface area (Å²) in [5, 5.41) is 1.53. The fraction of sp³-hybridized carbons (Fsp3) is 0.278. The third-order valence-corrected chi connectivity index (χ3v) is 6.16. The number of hydrogen-bond donors (Lipinski definition) is 2. The zero-order valence-electron chi connectivity index (χ0n) is 13.4. The molecule has 2 aliphatic heterocycles. The third kappa shape index (κ3) is 2.93. The number of anilines is 1. The van der Waals surface area contributed by atoms with E-state index >= 15 is 0 Å². The highest BCUT2D eigenvalue weighted by Crippen LogP contribution is 2.56. The highest BCUT2D eigenvalue weighted by atomic mass is 32.3. The van der Waals surface area contributed by atoms with Crippen molar-refractivity contribution >= 4 is 22.5 Å². The maximum atomic E-state index is 10.1. The van der Waals surface area contributed by atoms with E-state index in [4.69, 9.17) is 0 Å². The van der Waals surface area contributed by atoms with Crippen molar-refractivity contribution in [1.29, 1.82) is 0 Å². The van der Waals surface area contributed by atoms with Crippen LogP contribution < -0.4 is 4.90 Å². The molecule has 2 aliphatic rings. The fourth-order valence-electron chi connectivity index (χ4n) is 3.33. The van der Waals surface area contributed by atoms with Gasteiger partial charge in [0.15, 0.2) is 0 Å². The first kappa shape index (κ1) is 15.7. The summed E-state index contributed by atoms with van der Waals surface area (Å²) in [6.07, 6.45) is 3.68. The molecule has 3 heterocycles. The number of benzene rings is 1. The summed E-state index contributed by atoms with van der Waals surface area (Å²) in [7, 11) is -2.73. The van der Waals surface area contributed by atoms with Crippen LogP contribution in [0.1, 0.15) is 11.1 Å². The van der Waals surface area contributed by atoms with E-state index in [0.717, 1.165) is 49.7 Å². The summed E-state index contributed by atoms with van der Waals surface area (Å²) in [6, 6.07) is 11.8. The van der Waals surface area contributed by atoms with Gasteiger partial charge < -0.3 is 4.90 Å². The van der Waals surface area contributed by atoms with Gasteiger partial charge in [0.1, 0.15) is 5.82 Å². The number of hydrogen-bond acceptors (Lipinski definition) is 5. The third-order valence-electron chi connectivity index (χ3n) is 4.64. The maximum absolute atomic E-state index is 10.1. The lowest BCUT2D eigenvalue weighted by Crippen LogP contribution is -2.46. The second-order valence-electron chi connectivity index (χ2n) is 6.18. The van der Waals surface area contributed by atoms with E-state index in [1.165, 1.54) is 5.41 Å². The van der Waals surface area contributed by atoms with Crippen molar-refractivity contribution in [3.63, 3.8) is 0 Å². The van der Waals surface area contributed by atoms with Crippen molar-refractivity contribution in [2.75, 3.05) is 31.1 Å². The number of rotatable bonds is 3. The average Bonchev–Trinajstić information content (AvgIpc) is 2.93. The number of fused-ring (bicyclic) bond motifs is 1. The molecular formula is C18H21N3O2S. The van der Waals surface area contributed by atoms with Gasteiger partial charge in [-0.05, 0) is 29.8 Å². The molecule has 24 heavy (non-hydrogen) atoms. The second-order valence-corrected chi connectivity index (χ2v) is 8.07. The van der Waals surface area contributed by atoms with E-state index in [1.807, 2.05) is 36.5 Å². The highest BCUT2D eigenvalue weighted by molar-refractivity contribution is 8.27. The molecule has 0 bridgehead atoms. The van der Waals surface area contributed by atoms with Crippen LogP contribution in [0, 0.1) is 0 Å². The van der Waals surface area contributed by atoms with Crippen LogP contribution in [0.3, 0.4) is 0 Å². The van der Waals surface area contributed by atoms with Crippen LogP contribution in [0.4, 0.5) is 5.82 Å². The van der Waals surface area contributed by atoms with Gasteiger partial charge in [-0.25, -0.2) is 4.98 Å². The molecule has 0 aliphatic carbocycles. The van der Waals surface area contributed by atoms with Crippen LogP contribution in [-0.4, -0.2) is 45.2 Å². The van der Waals surface area contributed by atoms with Gasteiger partial charge >= 0.3 is 0 Å². The van der Waals surface area contributed by atoms with Crippen molar-refractivity contribution in [2.45, 2.75) is 11.4 Å². The minimum Gasteiger partial charge on any atom is -0.354 e. The Morgan fingerprint density at radius 2 is 1.83 bits per heavy atom. The van der Waals surface area contributed by atoms with Crippen LogP contribution >= 0.6 is 10.6 Å². The first-order valence-electron chi connectivity index (χ1n) is 8.10. The van der Waals surface area contributed by atoms with Gasteiger partial charge in [-0.15, -0.1) is 10.6 Å². The smallest absolute Gasteiger partial charge is 0.128 e. The summed E-state index contributed by atoms with van der Waals surface area (Å²) >= 11 is 0. The standard InChI is InChI=1S/C18H21N3O2S/c22-24(23)13-7-16-15(4-3-5-17(16)24)14-20-9-11-21(12-10-20)18-6-1-2-8-19-18/h1-8,13,22-23H,9-12,14H2. The minimum absolute atomic E-state index is 0.659. The monoisotopic (exact) mass is 343 g/mol. The van der Waals surface area contributed by atoms with Crippen molar-refractivity contribution in [3.05, 3.63) is 59.1 Å². The van der Waals surface area contributed by atoms with Gasteiger partial charge in [-0.2, -0.15) is 0 Å². The quantitative estimate of drug-likeness (QED) is 0.893. The molecule has 1 aromatic heterocycles. The Bertz CT molecular complexity index is 756. The number of piperazine rings is 1. The Labute approximate surface area is 143 Å². The van der Waals surface area contributed by atoms with Crippen LogP contribution in [0.25, 0.3) is 6.08 Å². The van der Waals surface area contributed by atoms with Gasteiger partial charge in [-0.1, -0.05) is 18.2 Å². The SMILES string of the molecule is OS1(O)C=Cc2c(CN3CCN(c4ccccn4)CC3)cccc21. The van der Waals surface area contributed by atoms with Crippen LogP contribution in [0.5, 0.6) is 0 Å². The predicted molar refractivity (Wildman–Crippen MR) is 98.3 cm³/mol. The molecule has 5 nitrogen and oxygen atoms in total. The van der Waals surface area contributed by atoms with E-state index in [9.17, 15) is 9.11 Å².